The van der Waals surface area contributed by atoms with Crippen molar-refractivity contribution in [1.29, 1.82) is 0 Å². The molecule has 0 spiro atoms. The van der Waals surface area contributed by atoms with Gasteiger partial charge in [0.15, 0.2) is 0 Å². The minimum absolute atomic E-state index is 0.317. The molecule has 0 heterocycles. The predicted molar refractivity (Wildman–Crippen MR) is 73.6 cm³/mol. The Kier molecular flexibility index (Phi) is 7.09. The van der Waals surface area contributed by atoms with Crippen molar-refractivity contribution in [3.05, 3.63) is 29.8 Å². The first kappa shape index (κ1) is 15.5. The van der Waals surface area contributed by atoms with Gasteiger partial charge in [0, 0.05) is 5.56 Å². The highest BCUT2D eigenvalue weighted by molar-refractivity contribution is 5.25. The summed E-state index contributed by atoms with van der Waals surface area (Å²) in [6.07, 6.45) is 0. The molecule has 2 nitrogen and oxygen atoms in total. The lowest BCUT2D eigenvalue weighted by molar-refractivity contribution is -0.896. The summed E-state index contributed by atoms with van der Waals surface area (Å²) in [5.74, 6) is 6.32. The summed E-state index contributed by atoms with van der Waals surface area (Å²) >= 11 is 0. The number of hydrogen-bond donors (Lipinski definition) is 1. The van der Waals surface area contributed by atoms with Crippen LogP contribution in [0.4, 0.5) is 0 Å². The largest absolute Gasteiger partial charge is 0.508 e. The van der Waals surface area contributed by atoms with Crippen LogP contribution < -0.4 is 0 Å². The first-order valence-electron chi connectivity index (χ1n) is 6.03. The van der Waals surface area contributed by atoms with Crippen LogP contribution in [0.3, 0.4) is 0 Å². The molecule has 1 rings (SSSR count). The maximum Gasteiger partial charge on any atom is 0.140 e. The fourth-order valence-corrected chi connectivity index (χ4v) is 1.44. The van der Waals surface area contributed by atoms with Gasteiger partial charge in [-0.25, -0.2) is 0 Å². The lowest BCUT2D eigenvalue weighted by Crippen LogP contribution is -2.38. The van der Waals surface area contributed by atoms with Gasteiger partial charge >= 0.3 is 0 Å². The van der Waals surface area contributed by atoms with Gasteiger partial charge in [0.25, 0.3) is 0 Å². The van der Waals surface area contributed by atoms with Gasteiger partial charge in [0.1, 0.15) is 18.8 Å². The number of quaternary nitrogens is 1. The fourth-order valence-electron chi connectivity index (χ4n) is 1.44. The Bertz CT molecular complexity index is 368. The number of aromatic hydroxyl groups is 1. The first-order chi connectivity index (χ1) is 8.03. The van der Waals surface area contributed by atoms with E-state index in [0.29, 0.717) is 5.75 Å². The van der Waals surface area contributed by atoms with Crippen molar-refractivity contribution in [3.8, 4) is 17.6 Å². The highest BCUT2D eigenvalue weighted by Crippen LogP contribution is 2.13. The van der Waals surface area contributed by atoms with Crippen molar-refractivity contribution < 1.29 is 9.59 Å². The molecule has 1 aromatic rings. The summed E-state index contributed by atoms with van der Waals surface area (Å²) in [5, 5.41) is 9.17. The minimum Gasteiger partial charge on any atom is -0.508 e. The van der Waals surface area contributed by atoms with Crippen LogP contribution in [-0.4, -0.2) is 30.2 Å². The Labute approximate surface area is 105 Å². The highest BCUT2D eigenvalue weighted by Gasteiger charge is 2.13. The fraction of sp³-hybridized carbons (Fsp3) is 0.467. The number of phenols is 1. The molecule has 0 unspecified atom stereocenters. The lowest BCUT2D eigenvalue weighted by atomic mass is 10.2. The van der Waals surface area contributed by atoms with E-state index in [9.17, 15) is 0 Å². The summed E-state index contributed by atoms with van der Waals surface area (Å²) < 4.78 is 0.839. The average molecular weight is 234 g/mol. The molecule has 0 radical (unpaired) electrons. The lowest BCUT2D eigenvalue weighted by Gasteiger charge is -2.27. The zero-order valence-electron chi connectivity index (χ0n) is 11.6. The molecule has 0 aliphatic carbocycles. The van der Waals surface area contributed by atoms with E-state index >= 15 is 0 Å². The maximum atomic E-state index is 9.17. The Morgan fingerprint density at radius 2 is 1.65 bits per heavy atom. The van der Waals surface area contributed by atoms with Gasteiger partial charge in [0.05, 0.1) is 14.1 Å². The molecule has 2 heteroatoms. The Morgan fingerprint density at radius 1 is 1.12 bits per heavy atom. The molecular weight excluding hydrogens is 210 g/mol. The molecule has 1 aromatic carbocycles. The zero-order valence-corrected chi connectivity index (χ0v) is 11.6. The van der Waals surface area contributed by atoms with Crippen molar-refractivity contribution >= 4 is 0 Å². The van der Waals surface area contributed by atoms with E-state index in [1.807, 2.05) is 32.9 Å². The zero-order chi connectivity index (χ0) is 13.3. The Balaban J connectivity index is 0.00000121. The van der Waals surface area contributed by atoms with Crippen LogP contribution in [0.1, 0.15) is 26.3 Å². The van der Waals surface area contributed by atoms with Crippen molar-refractivity contribution in [2.45, 2.75) is 27.3 Å². The van der Waals surface area contributed by atoms with Crippen molar-refractivity contribution in [2.24, 2.45) is 0 Å². The van der Waals surface area contributed by atoms with Crippen LogP contribution in [0.15, 0.2) is 24.3 Å². The van der Waals surface area contributed by atoms with E-state index in [2.05, 4.69) is 25.9 Å². The molecule has 0 fully saturated rings. The van der Waals surface area contributed by atoms with Crippen LogP contribution in [0.2, 0.25) is 0 Å². The van der Waals surface area contributed by atoms with Crippen LogP contribution in [0.5, 0.6) is 5.75 Å². The summed E-state index contributed by atoms with van der Waals surface area (Å²) in [5.41, 5.74) is 1.22. The predicted octanol–water partition coefficient (Wildman–Crippen LogP) is 3.02. The number of rotatable bonds is 3. The maximum absolute atomic E-state index is 9.17. The first-order valence-corrected chi connectivity index (χ1v) is 6.03. The van der Waals surface area contributed by atoms with Crippen molar-refractivity contribution in [1.82, 2.24) is 0 Å². The van der Waals surface area contributed by atoms with E-state index in [1.54, 1.807) is 12.1 Å². The van der Waals surface area contributed by atoms with Crippen LogP contribution in [-0.2, 0) is 6.54 Å². The monoisotopic (exact) mass is 234 g/mol. The second kappa shape index (κ2) is 7.76. The molecule has 0 atom stereocenters. The SMILES string of the molecule is CC.CC#CC[N+](C)(C)Cc1ccc(O)cc1. The third kappa shape index (κ3) is 6.65. The number of phenolic OH excluding ortho intramolecular Hbond substituents is 1. The Hall–Kier alpha value is -1.46. The smallest absolute Gasteiger partial charge is 0.140 e. The van der Waals surface area contributed by atoms with E-state index in [4.69, 9.17) is 5.11 Å². The topological polar surface area (TPSA) is 20.2 Å². The average Bonchev–Trinajstić information content (AvgIpc) is 2.32. The molecule has 0 aromatic heterocycles. The molecule has 0 saturated heterocycles. The van der Waals surface area contributed by atoms with E-state index in [1.165, 1.54) is 5.56 Å². The normalized spacial score (nSPS) is 9.71. The van der Waals surface area contributed by atoms with Crippen LogP contribution >= 0.6 is 0 Å². The summed E-state index contributed by atoms with van der Waals surface area (Å²) in [4.78, 5) is 0. The standard InChI is InChI=1S/C13H17NO.C2H6/c1-4-5-10-14(2,3)11-12-6-8-13(15)9-7-12;1-2/h6-9H,10-11H2,1-3H3;1-2H3/p+1. The van der Waals surface area contributed by atoms with Gasteiger partial charge in [-0.05, 0) is 37.1 Å². The molecule has 94 valence electrons. The summed E-state index contributed by atoms with van der Waals surface area (Å²) in [6, 6.07) is 7.35. The van der Waals surface area contributed by atoms with Crippen molar-refractivity contribution in [2.75, 3.05) is 20.6 Å². The van der Waals surface area contributed by atoms with Gasteiger partial charge in [-0.2, -0.15) is 0 Å². The van der Waals surface area contributed by atoms with Gasteiger partial charge in [0.2, 0.25) is 0 Å². The number of benzene rings is 1. The number of nitrogens with zero attached hydrogens (tertiary/aromatic N) is 1. The summed E-state index contributed by atoms with van der Waals surface area (Å²) in [6.45, 7) is 7.63. The molecule has 17 heavy (non-hydrogen) atoms. The third-order valence-electron chi connectivity index (χ3n) is 2.23. The van der Waals surface area contributed by atoms with Gasteiger partial charge in [-0.1, -0.05) is 13.8 Å². The van der Waals surface area contributed by atoms with Crippen LogP contribution in [0, 0.1) is 11.8 Å². The molecule has 0 amide bonds. The van der Waals surface area contributed by atoms with E-state index in [-0.39, 0.29) is 0 Å². The molecule has 0 aliphatic heterocycles. The molecule has 0 aliphatic rings. The quantitative estimate of drug-likeness (QED) is 0.629. The molecule has 0 bridgehead atoms. The van der Waals surface area contributed by atoms with Crippen molar-refractivity contribution in [3.63, 3.8) is 0 Å². The van der Waals surface area contributed by atoms with E-state index in [0.717, 1.165) is 17.6 Å². The number of hydrogen-bond acceptors (Lipinski definition) is 1. The third-order valence-corrected chi connectivity index (χ3v) is 2.23. The summed E-state index contributed by atoms with van der Waals surface area (Å²) in [7, 11) is 4.30. The molecule has 1 N–H and O–H groups in total. The molecule has 0 saturated carbocycles. The molecular formula is C15H24NO+. The minimum atomic E-state index is 0.317. The second-order valence-corrected chi connectivity index (χ2v) is 4.35. The van der Waals surface area contributed by atoms with Gasteiger partial charge in [-0.15, -0.1) is 5.92 Å². The second-order valence-electron chi connectivity index (χ2n) is 4.35. The van der Waals surface area contributed by atoms with E-state index < -0.39 is 0 Å². The Morgan fingerprint density at radius 3 is 2.12 bits per heavy atom. The highest BCUT2D eigenvalue weighted by atomic mass is 16.3. The van der Waals surface area contributed by atoms with Gasteiger partial charge in [-0.3, -0.25) is 0 Å². The van der Waals surface area contributed by atoms with Gasteiger partial charge < -0.3 is 9.59 Å². The van der Waals surface area contributed by atoms with Crippen LogP contribution in [0.25, 0.3) is 0 Å².